The normalized spacial score (nSPS) is 36.7. The number of aliphatic hydroxyl groups is 1. The number of aromatic nitrogens is 4. The lowest BCUT2D eigenvalue weighted by Crippen LogP contribution is -2.60. The fourth-order valence-electron chi connectivity index (χ4n) is 9.40. The van der Waals surface area contributed by atoms with Gasteiger partial charge in [-0.2, -0.15) is 0 Å². The molecular formula is C42H64N6O10. The van der Waals surface area contributed by atoms with Gasteiger partial charge in [-0.05, 0) is 84.3 Å². The zero-order valence-corrected chi connectivity index (χ0v) is 36.0. The molecule has 0 bridgehead atoms. The number of aryl methyl sites for hydroxylation is 1. The van der Waals surface area contributed by atoms with Crippen molar-refractivity contribution >= 4 is 23.6 Å². The van der Waals surface area contributed by atoms with Gasteiger partial charge in [0.15, 0.2) is 23.5 Å². The Labute approximate surface area is 342 Å². The second-order valence-corrected chi connectivity index (χ2v) is 17.2. The lowest BCUT2D eigenvalue weighted by Gasteiger charge is -2.47. The van der Waals surface area contributed by atoms with Gasteiger partial charge >= 0.3 is 12.1 Å². The summed E-state index contributed by atoms with van der Waals surface area (Å²) in [6.45, 7) is 14.7. The maximum atomic E-state index is 14.7. The number of esters is 1. The predicted octanol–water partition coefficient (Wildman–Crippen LogP) is 4.32. The number of ketones is 2. The van der Waals surface area contributed by atoms with E-state index in [1.165, 1.54) is 14.0 Å². The number of unbranched alkanes of at least 4 members (excludes halogenated alkanes) is 1. The smallest absolute Gasteiger partial charge is 0.410 e. The lowest BCUT2D eigenvalue weighted by molar-refractivity contribution is -0.295. The minimum absolute atomic E-state index is 0.119. The van der Waals surface area contributed by atoms with E-state index in [9.17, 15) is 24.3 Å². The van der Waals surface area contributed by atoms with Crippen LogP contribution in [0.3, 0.4) is 0 Å². The van der Waals surface area contributed by atoms with Gasteiger partial charge in [-0.25, -0.2) is 9.48 Å². The van der Waals surface area contributed by atoms with Crippen LogP contribution >= 0.6 is 0 Å². The highest BCUT2D eigenvalue weighted by atomic mass is 16.7. The fourth-order valence-corrected chi connectivity index (χ4v) is 9.40. The molecule has 1 aromatic heterocycles. The van der Waals surface area contributed by atoms with Crippen LogP contribution in [0.4, 0.5) is 4.79 Å². The fraction of sp³-hybridized carbons (Fsp3) is 0.738. The monoisotopic (exact) mass is 812 g/mol. The summed E-state index contributed by atoms with van der Waals surface area (Å²) in [5.74, 6) is -4.40. The second kappa shape index (κ2) is 18.6. The van der Waals surface area contributed by atoms with Crippen molar-refractivity contribution < 1.29 is 48.0 Å². The number of benzene rings is 1. The van der Waals surface area contributed by atoms with E-state index in [0.29, 0.717) is 31.6 Å². The van der Waals surface area contributed by atoms with Gasteiger partial charge in [-0.3, -0.25) is 14.4 Å². The Morgan fingerprint density at radius 1 is 0.966 bits per heavy atom. The molecule has 322 valence electrons. The number of carbonyl (C=O) groups excluding carboxylic acids is 4. The van der Waals surface area contributed by atoms with Crippen molar-refractivity contribution in [3.05, 3.63) is 30.3 Å². The third-order valence-electron chi connectivity index (χ3n) is 12.7. The molecule has 3 aliphatic heterocycles. The van der Waals surface area contributed by atoms with Crippen molar-refractivity contribution in [2.24, 2.45) is 23.7 Å². The zero-order chi connectivity index (χ0) is 42.7. The molecule has 3 fully saturated rings. The first kappa shape index (κ1) is 45.3. The standard InChI is InChI=1S/C42H64N6O10/c1-12-31-42(8)35(47(40(53)58-42)20-16-17-21-48-37(43-44-45-48)29-18-14-13-15-19-29)26(4)32(49)24(2)23-41(7,54-11)36(27(5)33(50)28(6)38(52)56-31)57-39-34(51)30(46(9)10)22-25(3)55-39/h13-15,18-19,24-28,30-31,34-36,39,51H,12,16-17,20-23H2,1-11H3/t24-,25-,26+,27+,28-,30+,31?,34-,35-,36-,39+,41-,42-/m1/s1. The van der Waals surface area contributed by atoms with Crippen LogP contribution in [-0.2, 0) is 44.6 Å². The number of hydrogen-bond acceptors (Lipinski definition) is 14. The summed E-state index contributed by atoms with van der Waals surface area (Å²) in [6, 6.07) is 8.52. The van der Waals surface area contributed by atoms with Gasteiger partial charge in [0.25, 0.3) is 0 Å². The van der Waals surface area contributed by atoms with Gasteiger partial charge < -0.3 is 38.6 Å². The van der Waals surface area contributed by atoms with Crippen LogP contribution in [-0.4, -0.2) is 140 Å². The maximum absolute atomic E-state index is 14.7. The van der Waals surface area contributed by atoms with Gasteiger partial charge in [-0.1, -0.05) is 58.0 Å². The number of methoxy groups -OCH3 is 1. The molecule has 3 saturated heterocycles. The molecular weight excluding hydrogens is 748 g/mol. The topological polar surface area (TPSA) is 185 Å². The van der Waals surface area contributed by atoms with Gasteiger partial charge in [0.1, 0.15) is 23.9 Å². The summed E-state index contributed by atoms with van der Waals surface area (Å²) in [4.78, 5) is 60.4. The molecule has 1 amide bonds. The highest BCUT2D eigenvalue weighted by molar-refractivity contribution is 6.00. The van der Waals surface area contributed by atoms with Crippen molar-refractivity contribution in [1.82, 2.24) is 30.0 Å². The van der Waals surface area contributed by atoms with E-state index in [-0.39, 0.29) is 37.3 Å². The van der Waals surface area contributed by atoms with Crippen LogP contribution in [0, 0.1) is 23.7 Å². The molecule has 16 heteroatoms. The van der Waals surface area contributed by atoms with Crippen molar-refractivity contribution in [2.75, 3.05) is 27.7 Å². The lowest BCUT2D eigenvalue weighted by atomic mass is 9.73. The van der Waals surface area contributed by atoms with Crippen molar-refractivity contribution in [3.63, 3.8) is 0 Å². The number of cyclic esters (lactones) is 1. The van der Waals surface area contributed by atoms with Crippen molar-refractivity contribution in [1.29, 1.82) is 0 Å². The molecule has 3 aliphatic rings. The summed E-state index contributed by atoms with van der Waals surface area (Å²) >= 11 is 0. The summed E-state index contributed by atoms with van der Waals surface area (Å²) in [7, 11) is 5.23. The molecule has 1 aromatic carbocycles. The van der Waals surface area contributed by atoms with E-state index in [4.69, 9.17) is 23.7 Å². The Balaban J connectivity index is 1.45. The Hall–Kier alpha value is -3.83. The quantitative estimate of drug-likeness (QED) is 0.192. The number of fused-ring (bicyclic) bond motifs is 1. The molecule has 0 saturated carbocycles. The molecule has 1 unspecified atom stereocenters. The first-order valence-electron chi connectivity index (χ1n) is 20.7. The Morgan fingerprint density at radius 3 is 2.28 bits per heavy atom. The number of tetrazole rings is 1. The Morgan fingerprint density at radius 2 is 1.64 bits per heavy atom. The third kappa shape index (κ3) is 9.15. The van der Waals surface area contributed by atoms with E-state index in [1.807, 2.05) is 63.2 Å². The SMILES string of the molecule is CCC1OC(=O)[C@H](C)C(=O)[C@H](C)[C@@H](O[C@@H]2O[C@H](C)C[C@H](N(C)C)[C@H]2O)[C@](C)(OC)C[C@@H](C)C(=O)[C@H](C)[C@H]2N(CCCCn3nnnc3-c3ccccc3)C(=O)O[C@]12C. The molecule has 58 heavy (non-hydrogen) atoms. The number of rotatable bonds is 11. The molecule has 0 aliphatic carbocycles. The van der Waals surface area contributed by atoms with E-state index in [0.717, 1.165) is 5.56 Å². The first-order chi connectivity index (χ1) is 27.4. The predicted molar refractivity (Wildman–Crippen MR) is 212 cm³/mol. The number of Topliss-reactive ketones (excluding diaryl/α,β-unsaturated/α-hetero) is 2. The van der Waals surface area contributed by atoms with Crippen molar-refractivity contribution in [2.45, 2.75) is 148 Å². The number of aliphatic hydroxyl groups excluding tert-OH is 1. The minimum Gasteiger partial charge on any atom is -0.458 e. The number of amides is 1. The van der Waals surface area contributed by atoms with Gasteiger partial charge in [0, 0.05) is 49.6 Å². The minimum atomic E-state index is -1.42. The van der Waals surface area contributed by atoms with Gasteiger partial charge in [0.05, 0.1) is 23.9 Å². The number of nitrogens with zero attached hydrogens (tertiary/aromatic N) is 6. The van der Waals surface area contributed by atoms with Crippen LogP contribution < -0.4 is 0 Å². The maximum Gasteiger partial charge on any atom is 0.410 e. The van der Waals surface area contributed by atoms with Crippen LogP contribution in [0.15, 0.2) is 30.3 Å². The zero-order valence-electron chi connectivity index (χ0n) is 36.0. The Kier molecular flexibility index (Phi) is 14.5. The largest absolute Gasteiger partial charge is 0.458 e. The molecule has 13 atom stereocenters. The van der Waals surface area contributed by atoms with E-state index in [1.54, 1.807) is 44.2 Å². The van der Waals surface area contributed by atoms with Gasteiger partial charge in [0.2, 0.25) is 0 Å². The number of carbonyl (C=O) groups is 4. The molecule has 16 nitrogen and oxygen atoms in total. The molecule has 4 heterocycles. The van der Waals surface area contributed by atoms with Crippen LogP contribution in [0.25, 0.3) is 11.4 Å². The number of ether oxygens (including phenoxy) is 5. The highest BCUT2D eigenvalue weighted by Crippen LogP contribution is 2.43. The summed E-state index contributed by atoms with van der Waals surface area (Å²) in [5.41, 5.74) is -1.82. The average molecular weight is 813 g/mol. The molecule has 5 rings (SSSR count). The Bertz CT molecular complexity index is 1740. The highest BCUT2D eigenvalue weighted by Gasteiger charge is 2.60. The average Bonchev–Trinajstić information content (AvgIpc) is 3.77. The molecule has 1 N–H and O–H groups in total. The molecule has 0 radical (unpaired) electrons. The summed E-state index contributed by atoms with van der Waals surface area (Å²) < 4.78 is 32.9. The van der Waals surface area contributed by atoms with Crippen LogP contribution in [0.2, 0.25) is 0 Å². The third-order valence-corrected chi connectivity index (χ3v) is 12.7. The van der Waals surface area contributed by atoms with E-state index < -0.39 is 83.4 Å². The summed E-state index contributed by atoms with van der Waals surface area (Å²) in [6.07, 6.45) is -2.99. The van der Waals surface area contributed by atoms with Crippen LogP contribution in [0.5, 0.6) is 0 Å². The number of likely N-dealkylation sites (N-methyl/N-ethyl adjacent to an activating group) is 1. The van der Waals surface area contributed by atoms with Crippen molar-refractivity contribution in [3.8, 4) is 11.4 Å². The number of hydrogen-bond donors (Lipinski definition) is 1. The first-order valence-corrected chi connectivity index (χ1v) is 20.7. The summed E-state index contributed by atoms with van der Waals surface area (Å²) in [5, 5.41) is 23.7. The van der Waals surface area contributed by atoms with Crippen LogP contribution in [0.1, 0.15) is 87.5 Å². The second-order valence-electron chi connectivity index (χ2n) is 17.2. The van der Waals surface area contributed by atoms with E-state index in [2.05, 4.69) is 15.5 Å². The van der Waals surface area contributed by atoms with E-state index >= 15 is 0 Å². The van der Waals surface area contributed by atoms with Gasteiger partial charge in [-0.15, -0.1) is 5.10 Å². The molecule has 0 spiro atoms. The molecule has 2 aromatic rings.